The summed E-state index contributed by atoms with van der Waals surface area (Å²) < 4.78 is 2.21. The van der Waals surface area contributed by atoms with Gasteiger partial charge in [0.05, 0.1) is 0 Å². The van der Waals surface area contributed by atoms with Gasteiger partial charge < -0.3 is 14.4 Å². The molecule has 1 aliphatic rings. The van der Waals surface area contributed by atoms with Gasteiger partial charge >= 0.3 is 0 Å². The van der Waals surface area contributed by atoms with Crippen molar-refractivity contribution in [2.75, 3.05) is 16.8 Å². The standard InChI is InChI=1S/C34H29N6S.Pt/c1-34(2,3)24-17-23(18-25(19-24)39-22-38(4)32-33(39)37-16-15-36-32)21-41-26-12-13-28-27-9-5-6-10-29(27)40(30(28)20-26)31-11-7-8-14-35-31;/h5-17,19,22H,21H2,1-4H3;/q-3;. The number of benzene rings is 3. The van der Waals surface area contributed by atoms with Crippen molar-refractivity contribution in [2.24, 2.45) is 0 Å². The Hall–Kier alpha value is -3.67. The number of nitrogens with zero attached hydrogens (tertiary/aromatic N) is 6. The van der Waals surface area contributed by atoms with Crippen LogP contribution >= 0.6 is 11.8 Å². The molecule has 6 aromatic rings. The van der Waals surface area contributed by atoms with E-state index in [0.29, 0.717) is 0 Å². The van der Waals surface area contributed by atoms with Crippen molar-refractivity contribution in [3.63, 3.8) is 0 Å². The maximum Gasteiger partial charge on any atom is 0.143 e. The molecule has 1 aliphatic heterocycles. The molecule has 0 spiro atoms. The molecule has 4 heterocycles. The number of aromatic nitrogens is 4. The van der Waals surface area contributed by atoms with Crippen molar-refractivity contribution >= 4 is 50.9 Å². The molecule has 0 radical (unpaired) electrons. The van der Waals surface area contributed by atoms with E-state index in [4.69, 9.17) is 0 Å². The first-order chi connectivity index (χ1) is 19.9. The Bertz CT molecular complexity index is 1900. The van der Waals surface area contributed by atoms with Crippen LogP contribution < -0.4 is 9.80 Å². The molecule has 0 bridgehead atoms. The molecule has 7 rings (SSSR count). The molecule has 0 aliphatic carbocycles. The minimum Gasteiger partial charge on any atom is -0.487 e. The van der Waals surface area contributed by atoms with Crippen LogP contribution in [0, 0.1) is 18.8 Å². The molecule has 8 heteroatoms. The fourth-order valence-corrected chi connectivity index (χ4v) is 6.09. The second-order valence-electron chi connectivity index (χ2n) is 11.2. The van der Waals surface area contributed by atoms with E-state index >= 15 is 0 Å². The van der Waals surface area contributed by atoms with Crippen molar-refractivity contribution in [3.05, 3.63) is 115 Å². The molecular weight excluding hydrogens is 720 g/mol. The molecule has 0 saturated heterocycles. The number of hydrogen-bond donors (Lipinski definition) is 0. The summed E-state index contributed by atoms with van der Waals surface area (Å²) in [6.45, 7) is 8.76. The summed E-state index contributed by atoms with van der Waals surface area (Å²) in [6, 6.07) is 30.8. The molecule has 0 amide bonds. The molecule has 42 heavy (non-hydrogen) atoms. The predicted octanol–water partition coefficient (Wildman–Crippen LogP) is 7.86. The van der Waals surface area contributed by atoms with Crippen LogP contribution in [0.25, 0.3) is 27.6 Å². The molecule has 0 unspecified atom stereocenters. The Balaban J connectivity index is 0.00000316. The van der Waals surface area contributed by atoms with Gasteiger partial charge in [0.2, 0.25) is 0 Å². The Morgan fingerprint density at radius 1 is 0.833 bits per heavy atom. The van der Waals surface area contributed by atoms with E-state index in [1.807, 2.05) is 43.0 Å². The molecule has 3 aromatic carbocycles. The maximum absolute atomic E-state index is 4.66. The maximum atomic E-state index is 4.66. The summed E-state index contributed by atoms with van der Waals surface area (Å²) in [7, 11) is 1.99. The Morgan fingerprint density at radius 3 is 2.40 bits per heavy atom. The molecule has 0 fully saturated rings. The fraction of sp³-hybridized carbons (Fsp3) is 0.176. The zero-order chi connectivity index (χ0) is 28.1. The average molecular weight is 749 g/mol. The molecular formula is C34H29N6PtS-3. The third-order valence-electron chi connectivity index (χ3n) is 7.37. The number of anilines is 3. The van der Waals surface area contributed by atoms with E-state index in [9.17, 15) is 0 Å². The second kappa shape index (κ2) is 11.2. The van der Waals surface area contributed by atoms with Crippen LogP contribution in [-0.4, -0.2) is 26.6 Å². The van der Waals surface area contributed by atoms with Gasteiger partial charge in [0.25, 0.3) is 0 Å². The van der Waals surface area contributed by atoms with Crippen LogP contribution in [0.15, 0.2) is 90.2 Å². The molecule has 214 valence electrons. The van der Waals surface area contributed by atoms with E-state index in [2.05, 4.69) is 106 Å². The molecule has 0 N–H and O–H groups in total. The largest absolute Gasteiger partial charge is 0.487 e. The SMILES string of the molecule is CN1[CH-]N(c2[c-]c(CSc3[c-]c4c(cc3)c3ccccc3n4-c3ccccn3)cc(C(C)(C)C)c2)c2nccnc21.[Pt]. The van der Waals surface area contributed by atoms with Gasteiger partial charge in [-0.2, -0.15) is 41.6 Å². The van der Waals surface area contributed by atoms with E-state index in [-0.39, 0.29) is 26.5 Å². The van der Waals surface area contributed by atoms with Crippen molar-refractivity contribution in [1.82, 2.24) is 19.5 Å². The minimum atomic E-state index is -0.0191. The zero-order valence-corrected chi connectivity index (χ0v) is 26.9. The Labute approximate surface area is 265 Å². The van der Waals surface area contributed by atoms with Crippen molar-refractivity contribution in [2.45, 2.75) is 36.8 Å². The van der Waals surface area contributed by atoms with Crippen LogP contribution in [0.4, 0.5) is 17.3 Å². The summed E-state index contributed by atoms with van der Waals surface area (Å²) in [4.78, 5) is 18.9. The number of pyridine rings is 1. The Kier molecular flexibility index (Phi) is 7.58. The number of thioether (sulfide) groups is 1. The van der Waals surface area contributed by atoms with Gasteiger partial charge in [-0.3, -0.25) is 0 Å². The monoisotopic (exact) mass is 748 g/mol. The van der Waals surface area contributed by atoms with E-state index in [1.54, 1.807) is 24.2 Å². The fourth-order valence-electron chi connectivity index (χ4n) is 5.29. The molecule has 0 atom stereocenters. The molecule has 6 nitrogen and oxygen atoms in total. The van der Waals surface area contributed by atoms with E-state index in [0.717, 1.165) is 50.4 Å². The first-order valence-electron chi connectivity index (χ1n) is 13.6. The average Bonchev–Trinajstić information content (AvgIpc) is 3.50. The van der Waals surface area contributed by atoms with Gasteiger partial charge in [0.1, 0.15) is 17.5 Å². The quantitative estimate of drug-likeness (QED) is 0.132. The van der Waals surface area contributed by atoms with E-state index in [1.165, 1.54) is 16.3 Å². The van der Waals surface area contributed by atoms with Gasteiger partial charge in [-0.25, -0.2) is 15.0 Å². The van der Waals surface area contributed by atoms with Crippen LogP contribution in [0.5, 0.6) is 0 Å². The van der Waals surface area contributed by atoms with Crippen LogP contribution in [0.3, 0.4) is 0 Å². The summed E-state index contributed by atoms with van der Waals surface area (Å²) in [6.07, 6.45) is 5.30. The van der Waals surface area contributed by atoms with Crippen LogP contribution in [-0.2, 0) is 32.2 Å². The van der Waals surface area contributed by atoms with Crippen LogP contribution in [0.1, 0.15) is 31.9 Å². The minimum absolute atomic E-state index is 0. The number of para-hydroxylation sites is 1. The third kappa shape index (κ3) is 5.10. The van der Waals surface area contributed by atoms with Gasteiger partial charge in [-0.05, 0) is 41.8 Å². The smallest absolute Gasteiger partial charge is 0.143 e. The predicted molar refractivity (Wildman–Crippen MR) is 168 cm³/mol. The second-order valence-corrected chi connectivity index (χ2v) is 12.3. The van der Waals surface area contributed by atoms with E-state index < -0.39 is 0 Å². The number of fused-ring (bicyclic) bond motifs is 4. The summed E-state index contributed by atoms with van der Waals surface area (Å²) in [5, 5.41) is 2.37. The first kappa shape index (κ1) is 28.4. The van der Waals surface area contributed by atoms with Crippen LogP contribution in [0.2, 0.25) is 0 Å². The van der Waals surface area contributed by atoms with Gasteiger partial charge in [0, 0.05) is 45.2 Å². The van der Waals surface area contributed by atoms with Crippen molar-refractivity contribution < 1.29 is 21.1 Å². The van der Waals surface area contributed by atoms with Crippen molar-refractivity contribution in [1.29, 1.82) is 0 Å². The topological polar surface area (TPSA) is 50.1 Å². The summed E-state index contributed by atoms with van der Waals surface area (Å²) in [5.74, 6) is 3.31. The normalized spacial score (nSPS) is 13.0. The Morgan fingerprint density at radius 2 is 1.62 bits per heavy atom. The van der Waals surface area contributed by atoms with Gasteiger partial charge in [-0.15, -0.1) is 40.3 Å². The first-order valence-corrected chi connectivity index (χ1v) is 14.6. The molecule has 3 aromatic heterocycles. The third-order valence-corrected chi connectivity index (χ3v) is 8.37. The summed E-state index contributed by atoms with van der Waals surface area (Å²) in [5.41, 5.74) is 5.50. The van der Waals surface area contributed by atoms with Gasteiger partial charge in [-0.1, -0.05) is 50.6 Å². The zero-order valence-electron chi connectivity index (χ0n) is 23.8. The molecule has 0 saturated carbocycles. The van der Waals surface area contributed by atoms with Crippen molar-refractivity contribution in [3.8, 4) is 5.82 Å². The van der Waals surface area contributed by atoms with Gasteiger partial charge in [0.15, 0.2) is 0 Å². The number of rotatable bonds is 5. The number of hydrogen-bond acceptors (Lipinski definition) is 6. The summed E-state index contributed by atoms with van der Waals surface area (Å²) >= 11 is 1.77.